The van der Waals surface area contributed by atoms with Gasteiger partial charge in [0, 0.05) is 43.6 Å². The monoisotopic (exact) mass is 245 g/mol. The minimum absolute atomic E-state index is 0.245. The SMILES string of the molecule is CC1(C)CNC(C2CC2)CN1Cc1ccncc1. The Labute approximate surface area is 110 Å². The Bertz CT molecular complexity index is 397. The van der Waals surface area contributed by atoms with Gasteiger partial charge in [0.15, 0.2) is 0 Å². The van der Waals surface area contributed by atoms with Crippen molar-refractivity contribution in [2.45, 2.75) is 44.8 Å². The normalized spacial score (nSPS) is 28.2. The number of nitrogens with one attached hydrogen (secondary N) is 1. The van der Waals surface area contributed by atoms with Gasteiger partial charge < -0.3 is 5.32 Å². The van der Waals surface area contributed by atoms with Gasteiger partial charge in [-0.05, 0) is 50.3 Å². The van der Waals surface area contributed by atoms with Crippen LogP contribution < -0.4 is 5.32 Å². The molecule has 2 heterocycles. The van der Waals surface area contributed by atoms with E-state index in [9.17, 15) is 0 Å². The van der Waals surface area contributed by atoms with Gasteiger partial charge in [0.1, 0.15) is 0 Å². The van der Waals surface area contributed by atoms with Crippen molar-refractivity contribution >= 4 is 0 Å². The van der Waals surface area contributed by atoms with Crippen molar-refractivity contribution < 1.29 is 0 Å². The fourth-order valence-electron chi connectivity index (χ4n) is 2.84. The van der Waals surface area contributed by atoms with Crippen LogP contribution in [-0.4, -0.2) is 34.6 Å². The highest BCUT2D eigenvalue weighted by Crippen LogP contribution is 2.36. The van der Waals surface area contributed by atoms with Crippen molar-refractivity contribution in [2.75, 3.05) is 13.1 Å². The van der Waals surface area contributed by atoms with Crippen LogP contribution in [0.3, 0.4) is 0 Å². The van der Waals surface area contributed by atoms with E-state index in [0.29, 0.717) is 6.04 Å². The standard InChI is InChI=1S/C15H23N3/c1-15(2)11-17-14(13-3-4-13)10-18(15)9-12-5-7-16-8-6-12/h5-8,13-14,17H,3-4,9-11H2,1-2H3. The van der Waals surface area contributed by atoms with Crippen LogP contribution in [0, 0.1) is 5.92 Å². The molecule has 1 saturated carbocycles. The van der Waals surface area contributed by atoms with Gasteiger partial charge in [-0.1, -0.05) is 0 Å². The van der Waals surface area contributed by atoms with Gasteiger partial charge in [0.2, 0.25) is 0 Å². The second-order valence-corrected chi connectivity index (χ2v) is 6.37. The highest BCUT2D eigenvalue weighted by atomic mass is 15.3. The number of hydrogen-bond donors (Lipinski definition) is 1. The highest BCUT2D eigenvalue weighted by Gasteiger charge is 2.40. The molecular weight excluding hydrogens is 222 g/mol. The first-order valence-corrected chi connectivity index (χ1v) is 7.02. The minimum Gasteiger partial charge on any atom is -0.311 e. The predicted octanol–water partition coefficient (Wildman–Crippen LogP) is 2.04. The number of pyridine rings is 1. The van der Waals surface area contributed by atoms with Crippen LogP contribution >= 0.6 is 0 Å². The van der Waals surface area contributed by atoms with Crippen molar-refractivity contribution in [3.05, 3.63) is 30.1 Å². The fraction of sp³-hybridized carbons (Fsp3) is 0.667. The van der Waals surface area contributed by atoms with Gasteiger partial charge >= 0.3 is 0 Å². The summed E-state index contributed by atoms with van der Waals surface area (Å²) in [6, 6.07) is 4.97. The summed E-state index contributed by atoms with van der Waals surface area (Å²) in [7, 11) is 0. The van der Waals surface area contributed by atoms with Crippen LogP contribution in [0.2, 0.25) is 0 Å². The lowest BCUT2D eigenvalue weighted by atomic mass is 9.95. The van der Waals surface area contributed by atoms with E-state index in [2.05, 4.69) is 41.2 Å². The van der Waals surface area contributed by atoms with E-state index in [1.165, 1.54) is 24.9 Å². The smallest absolute Gasteiger partial charge is 0.0281 e. The lowest BCUT2D eigenvalue weighted by molar-refractivity contribution is 0.0533. The molecule has 1 aromatic rings. The lowest BCUT2D eigenvalue weighted by Crippen LogP contribution is -2.62. The number of aromatic nitrogens is 1. The maximum Gasteiger partial charge on any atom is 0.0281 e. The molecule has 1 aliphatic heterocycles. The summed E-state index contributed by atoms with van der Waals surface area (Å²) < 4.78 is 0. The average molecular weight is 245 g/mol. The number of hydrogen-bond acceptors (Lipinski definition) is 3. The van der Waals surface area contributed by atoms with E-state index in [1.807, 2.05) is 12.4 Å². The lowest BCUT2D eigenvalue weighted by Gasteiger charge is -2.46. The third-order valence-corrected chi connectivity index (χ3v) is 4.38. The molecule has 0 radical (unpaired) electrons. The molecule has 2 aliphatic rings. The summed E-state index contributed by atoms with van der Waals surface area (Å²) in [6.45, 7) is 7.99. The number of piperazine rings is 1. The molecule has 0 bridgehead atoms. The molecule has 3 nitrogen and oxygen atoms in total. The predicted molar refractivity (Wildman–Crippen MR) is 73.2 cm³/mol. The Morgan fingerprint density at radius 3 is 2.72 bits per heavy atom. The third-order valence-electron chi connectivity index (χ3n) is 4.38. The molecule has 18 heavy (non-hydrogen) atoms. The zero-order valence-electron chi connectivity index (χ0n) is 11.4. The Balaban J connectivity index is 1.70. The molecule has 98 valence electrons. The van der Waals surface area contributed by atoms with Crippen LogP contribution in [0.5, 0.6) is 0 Å². The van der Waals surface area contributed by atoms with Gasteiger partial charge in [-0.15, -0.1) is 0 Å². The van der Waals surface area contributed by atoms with Gasteiger partial charge in [-0.25, -0.2) is 0 Å². The van der Waals surface area contributed by atoms with E-state index in [-0.39, 0.29) is 5.54 Å². The molecule has 0 amide bonds. The van der Waals surface area contributed by atoms with Crippen molar-refractivity contribution in [2.24, 2.45) is 5.92 Å². The fourth-order valence-corrected chi connectivity index (χ4v) is 2.84. The molecule has 1 saturated heterocycles. The van der Waals surface area contributed by atoms with Crippen LogP contribution in [0.15, 0.2) is 24.5 Å². The second-order valence-electron chi connectivity index (χ2n) is 6.37. The van der Waals surface area contributed by atoms with Gasteiger partial charge in [-0.2, -0.15) is 0 Å². The summed E-state index contributed by atoms with van der Waals surface area (Å²) in [4.78, 5) is 6.72. The van der Waals surface area contributed by atoms with E-state index < -0.39 is 0 Å². The van der Waals surface area contributed by atoms with Gasteiger partial charge in [0.25, 0.3) is 0 Å². The first-order chi connectivity index (χ1) is 8.65. The Morgan fingerprint density at radius 1 is 1.33 bits per heavy atom. The highest BCUT2D eigenvalue weighted by molar-refractivity contribution is 5.11. The van der Waals surface area contributed by atoms with Crippen LogP contribution in [0.4, 0.5) is 0 Å². The molecular formula is C15H23N3. The molecule has 2 fully saturated rings. The van der Waals surface area contributed by atoms with Crippen molar-refractivity contribution in [1.82, 2.24) is 15.2 Å². The molecule has 1 atom stereocenters. The number of nitrogens with zero attached hydrogens (tertiary/aromatic N) is 2. The first-order valence-electron chi connectivity index (χ1n) is 7.02. The molecule has 0 spiro atoms. The second kappa shape index (κ2) is 4.63. The van der Waals surface area contributed by atoms with Crippen molar-refractivity contribution in [1.29, 1.82) is 0 Å². The zero-order valence-corrected chi connectivity index (χ0v) is 11.4. The van der Waals surface area contributed by atoms with Crippen molar-refractivity contribution in [3.63, 3.8) is 0 Å². The summed E-state index contributed by atoms with van der Waals surface area (Å²) >= 11 is 0. The Hall–Kier alpha value is -0.930. The van der Waals surface area contributed by atoms with Gasteiger partial charge in [0.05, 0.1) is 0 Å². The minimum atomic E-state index is 0.245. The Morgan fingerprint density at radius 2 is 2.06 bits per heavy atom. The summed E-state index contributed by atoms with van der Waals surface area (Å²) in [5, 5.41) is 3.73. The largest absolute Gasteiger partial charge is 0.311 e. The molecule has 0 aromatic carbocycles. The topological polar surface area (TPSA) is 28.2 Å². The zero-order chi connectivity index (χ0) is 12.6. The van der Waals surface area contributed by atoms with E-state index in [4.69, 9.17) is 0 Å². The Kier molecular flexibility index (Phi) is 3.12. The summed E-state index contributed by atoms with van der Waals surface area (Å²) in [5.41, 5.74) is 1.61. The molecule has 1 aromatic heterocycles. The van der Waals surface area contributed by atoms with E-state index in [0.717, 1.165) is 19.0 Å². The third kappa shape index (κ3) is 2.57. The summed E-state index contributed by atoms with van der Waals surface area (Å²) in [6.07, 6.45) is 6.62. The molecule has 1 aliphatic carbocycles. The van der Waals surface area contributed by atoms with Crippen molar-refractivity contribution in [3.8, 4) is 0 Å². The molecule has 1 N–H and O–H groups in total. The molecule has 1 unspecified atom stereocenters. The average Bonchev–Trinajstić information content (AvgIpc) is 3.17. The van der Waals surface area contributed by atoms with Crippen LogP contribution in [-0.2, 0) is 6.54 Å². The first kappa shape index (κ1) is 12.1. The maximum atomic E-state index is 4.10. The summed E-state index contributed by atoms with van der Waals surface area (Å²) in [5.74, 6) is 0.932. The van der Waals surface area contributed by atoms with E-state index in [1.54, 1.807) is 0 Å². The molecule has 3 heteroatoms. The van der Waals surface area contributed by atoms with Crippen LogP contribution in [0.1, 0.15) is 32.3 Å². The quantitative estimate of drug-likeness (QED) is 0.883. The maximum absolute atomic E-state index is 4.10. The van der Waals surface area contributed by atoms with Crippen LogP contribution in [0.25, 0.3) is 0 Å². The van der Waals surface area contributed by atoms with Gasteiger partial charge in [-0.3, -0.25) is 9.88 Å². The van der Waals surface area contributed by atoms with E-state index >= 15 is 0 Å². The number of rotatable bonds is 3. The molecule has 3 rings (SSSR count).